The maximum Gasteiger partial charge on any atom is 0.294 e. The Morgan fingerprint density at radius 2 is 1.53 bits per heavy atom. The lowest BCUT2D eigenvalue weighted by molar-refractivity contribution is -0.123. The normalized spacial score (nSPS) is 16.6. The summed E-state index contributed by atoms with van der Waals surface area (Å²) in [5.74, 6) is -1.23. The summed E-state index contributed by atoms with van der Waals surface area (Å²) in [6, 6.07) is 15.0. The molecule has 0 aliphatic carbocycles. The van der Waals surface area contributed by atoms with Gasteiger partial charge in [-0.3, -0.25) is 14.5 Å². The third-order valence-electron chi connectivity index (χ3n) is 6.09. The van der Waals surface area contributed by atoms with Gasteiger partial charge in [0, 0.05) is 29.9 Å². The number of aliphatic hydroxyl groups is 1. The van der Waals surface area contributed by atoms with E-state index in [-0.39, 0.29) is 11.4 Å². The first-order valence-corrected chi connectivity index (χ1v) is 11.4. The monoisotopic (exact) mass is 434 g/mol. The summed E-state index contributed by atoms with van der Waals surface area (Å²) in [6.07, 6.45) is 0.891. The van der Waals surface area contributed by atoms with Crippen molar-refractivity contribution in [1.82, 2.24) is 0 Å². The number of carbonyl (C=O) groups excluding carboxylic acids is 2. The Bertz CT molecular complexity index is 1010. The molecule has 2 aromatic carbocycles. The zero-order valence-electron chi connectivity index (χ0n) is 20.0. The topological polar surface area (TPSA) is 60.9 Å². The second kappa shape index (κ2) is 9.19. The van der Waals surface area contributed by atoms with Gasteiger partial charge >= 0.3 is 0 Å². The van der Waals surface area contributed by atoms with Gasteiger partial charge in [0.25, 0.3) is 5.91 Å². The molecule has 0 saturated carbocycles. The van der Waals surface area contributed by atoms with Gasteiger partial charge in [0.05, 0.1) is 11.6 Å². The zero-order chi connectivity index (χ0) is 23.6. The minimum absolute atomic E-state index is 0.164. The first-order valence-electron chi connectivity index (χ1n) is 11.4. The van der Waals surface area contributed by atoms with Crippen LogP contribution in [0.25, 0.3) is 0 Å². The van der Waals surface area contributed by atoms with Crippen LogP contribution in [-0.4, -0.2) is 29.9 Å². The van der Waals surface area contributed by atoms with Crippen LogP contribution >= 0.6 is 0 Å². The van der Waals surface area contributed by atoms with Crippen LogP contribution in [0.5, 0.6) is 0 Å². The highest BCUT2D eigenvalue weighted by Crippen LogP contribution is 2.43. The SMILES string of the molecule is CCc1ccc(N2C(=O)C(O)=C(C(=O)C(C)(C)C)C2c2ccc(N(CC)CC)cc2)cc1. The first kappa shape index (κ1) is 23.6. The number of Topliss-reactive ketones (excluding diaryl/α,β-unsaturated/α-hetero) is 1. The molecule has 5 heteroatoms. The molecule has 0 saturated heterocycles. The van der Waals surface area contributed by atoms with Crippen LogP contribution in [0.1, 0.15) is 58.7 Å². The molecule has 1 unspecified atom stereocenters. The molecule has 32 heavy (non-hydrogen) atoms. The highest BCUT2D eigenvalue weighted by atomic mass is 16.3. The first-order chi connectivity index (χ1) is 15.1. The van der Waals surface area contributed by atoms with Gasteiger partial charge in [-0.05, 0) is 55.7 Å². The van der Waals surface area contributed by atoms with Crippen LogP contribution in [-0.2, 0) is 16.0 Å². The van der Waals surface area contributed by atoms with Crippen LogP contribution in [0.3, 0.4) is 0 Å². The predicted octanol–water partition coefficient (Wildman–Crippen LogP) is 5.61. The third kappa shape index (κ3) is 4.29. The molecule has 5 nitrogen and oxygen atoms in total. The van der Waals surface area contributed by atoms with E-state index in [1.54, 1.807) is 25.7 Å². The minimum atomic E-state index is -0.731. The molecule has 1 heterocycles. The number of amides is 1. The van der Waals surface area contributed by atoms with E-state index in [4.69, 9.17) is 0 Å². The highest BCUT2D eigenvalue weighted by Gasteiger charge is 2.46. The minimum Gasteiger partial charge on any atom is -0.503 e. The second-order valence-electron chi connectivity index (χ2n) is 9.20. The van der Waals surface area contributed by atoms with Crippen LogP contribution < -0.4 is 9.80 Å². The van der Waals surface area contributed by atoms with E-state index < -0.39 is 23.1 Å². The molecule has 170 valence electrons. The molecule has 1 aliphatic heterocycles. The van der Waals surface area contributed by atoms with Gasteiger partial charge in [0.1, 0.15) is 0 Å². The van der Waals surface area contributed by atoms with Gasteiger partial charge in [-0.25, -0.2) is 0 Å². The van der Waals surface area contributed by atoms with Gasteiger partial charge in [-0.15, -0.1) is 0 Å². The lowest BCUT2D eigenvalue weighted by Gasteiger charge is -2.29. The molecular formula is C27H34N2O3. The second-order valence-corrected chi connectivity index (χ2v) is 9.20. The third-order valence-corrected chi connectivity index (χ3v) is 6.09. The molecule has 1 amide bonds. The van der Waals surface area contributed by atoms with E-state index in [1.807, 2.05) is 48.5 Å². The Labute approximate surface area is 191 Å². The van der Waals surface area contributed by atoms with Crippen molar-refractivity contribution in [2.24, 2.45) is 5.41 Å². The summed E-state index contributed by atoms with van der Waals surface area (Å²) in [4.78, 5) is 30.3. The number of aliphatic hydroxyl groups excluding tert-OH is 1. The van der Waals surface area contributed by atoms with Crippen molar-refractivity contribution in [3.8, 4) is 0 Å². The fraction of sp³-hybridized carbons (Fsp3) is 0.407. The predicted molar refractivity (Wildman–Crippen MR) is 130 cm³/mol. The Balaban J connectivity index is 2.13. The molecule has 1 aliphatic rings. The van der Waals surface area contributed by atoms with E-state index in [1.165, 1.54) is 0 Å². The van der Waals surface area contributed by atoms with Crippen molar-refractivity contribution in [3.63, 3.8) is 0 Å². The molecule has 1 atom stereocenters. The van der Waals surface area contributed by atoms with E-state index in [0.29, 0.717) is 5.69 Å². The quantitative estimate of drug-likeness (QED) is 0.615. The van der Waals surface area contributed by atoms with E-state index in [9.17, 15) is 14.7 Å². The van der Waals surface area contributed by atoms with E-state index in [2.05, 4.69) is 25.7 Å². The summed E-state index contributed by atoms with van der Waals surface area (Å²) in [5.41, 5.74) is 3.13. The number of ketones is 1. The Hall–Kier alpha value is -3.08. The van der Waals surface area contributed by atoms with Gasteiger partial charge in [-0.1, -0.05) is 52.0 Å². The largest absolute Gasteiger partial charge is 0.503 e. The smallest absolute Gasteiger partial charge is 0.294 e. The highest BCUT2D eigenvalue weighted by molar-refractivity contribution is 6.17. The Morgan fingerprint density at radius 1 is 0.969 bits per heavy atom. The van der Waals surface area contributed by atoms with Gasteiger partial charge in [0.15, 0.2) is 11.5 Å². The maximum atomic E-state index is 13.3. The maximum absolute atomic E-state index is 13.3. The standard InChI is InChI=1S/C27H34N2O3/c1-7-18-10-14-21(15-11-18)29-23(19-12-16-20(17-13-19)28(8-2)9-3)22(24(30)26(29)32)25(31)27(4,5)6/h10-17,23,30H,7-9H2,1-6H3. The molecule has 1 N–H and O–H groups in total. The van der Waals surface area contributed by atoms with Crippen molar-refractivity contribution in [1.29, 1.82) is 0 Å². The fourth-order valence-corrected chi connectivity index (χ4v) is 4.17. The van der Waals surface area contributed by atoms with Gasteiger partial charge in [-0.2, -0.15) is 0 Å². The molecule has 0 aromatic heterocycles. The number of rotatable bonds is 7. The number of hydrogen-bond acceptors (Lipinski definition) is 4. The lowest BCUT2D eigenvalue weighted by atomic mass is 9.82. The Morgan fingerprint density at radius 3 is 2.00 bits per heavy atom. The number of nitrogens with zero attached hydrogens (tertiary/aromatic N) is 2. The molecule has 0 fully saturated rings. The van der Waals surface area contributed by atoms with E-state index in [0.717, 1.165) is 36.3 Å². The van der Waals surface area contributed by atoms with Crippen LogP contribution in [0.2, 0.25) is 0 Å². The average Bonchev–Trinajstić information content (AvgIpc) is 3.04. The van der Waals surface area contributed by atoms with Crippen molar-refractivity contribution in [2.45, 2.75) is 54.0 Å². The van der Waals surface area contributed by atoms with Crippen molar-refractivity contribution >= 4 is 23.1 Å². The summed E-state index contributed by atoms with van der Waals surface area (Å²) >= 11 is 0. The summed E-state index contributed by atoms with van der Waals surface area (Å²) in [7, 11) is 0. The summed E-state index contributed by atoms with van der Waals surface area (Å²) < 4.78 is 0. The van der Waals surface area contributed by atoms with Crippen molar-refractivity contribution < 1.29 is 14.7 Å². The number of benzene rings is 2. The molecule has 0 radical (unpaired) electrons. The Kier molecular flexibility index (Phi) is 6.77. The van der Waals surface area contributed by atoms with Crippen molar-refractivity contribution in [3.05, 3.63) is 71.0 Å². The van der Waals surface area contributed by atoms with Crippen LogP contribution in [0, 0.1) is 5.41 Å². The van der Waals surface area contributed by atoms with Crippen LogP contribution in [0.4, 0.5) is 11.4 Å². The number of carbonyl (C=O) groups is 2. The molecule has 2 aromatic rings. The molecule has 0 bridgehead atoms. The van der Waals surface area contributed by atoms with Crippen LogP contribution in [0.15, 0.2) is 59.9 Å². The fourth-order valence-electron chi connectivity index (χ4n) is 4.17. The molecule has 0 spiro atoms. The lowest BCUT2D eigenvalue weighted by Crippen LogP contribution is -2.33. The molecular weight excluding hydrogens is 400 g/mol. The molecule has 3 rings (SSSR count). The van der Waals surface area contributed by atoms with E-state index >= 15 is 0 Å². The van der Waals surface area contributed by atoms with Crippen molar-refractivity contribution in [2.75, 3.05) is 22.9 Å². The van der Waals surface area contributed by atoms with Gasteiger partial charge in [0.2, 0.25) is 0 Å². The number of hydrogen-bond donors (Lipinski definition) is 1. The van der Waals surface area contributed by atoms with Gasteiger partial charge < -0.3 is 10.0 Å². The summed E-state index contributed by atoms with van der Waals surface area (Å²) in [5, 5.41) is 10.8. The number of anilines is 2. The zero-order valence-corrected chi connectivity index (χ0v) is 20.0. The average molecular weight is 435 g/mol. The number of aryl methyl sites for hydroxylation is 1. The summed E-state index contributed by atoms with van der Waals surface area (Å²) in [6.45, 7) is 13.5.